The van der Waals surface area contributed by atoms with E-state index in [1.807, 2.05) is 0 Å². The third-order valence-corrected chi connectivity index (χ3v) is 3.93. The largest absolute Gasteiger partial charge is 0.478 e. The van der Waals surface area contributed by atoms with Crippen molar-refractivity contribution in [2.75, 3.05) is 23.5 Å². The van der Waals surface area contributed by atoms with Crippen LogP contribution in [-0.2, 0) is 9.59 Å². The van der Waals surface area contributed by atoms with Gasteiger partial charge in [-0.15, -0.1) is 11.8 Å². The van der Waals surface area contributed by atoms with E-state index in [2.05, 4.69) is 5.32 Å². The molecule has 1 saturated heterocycles. The summed E-state index contributed by atoms with van der Waals surface area (Å²) in [5, 5.41) is 11.6. The molecule has 1 aliphatic rings. The number of rotatable bonds is 4. The number of nitrogens with zero attached hydrogens (tertiary/aromatic N) is 1. The van der Waals surface area contributed by atoms with E-state index < -0.39 is 11.9 Å². The van der Waals surface area contributed by atoms with E-state index >= 15 is 0 Å². The fourth-order valence-corrected chi connectivity index (χ4v) is 2.85. The SMILES string of the molecule is O=C(CN1CSCC1=O)Nc1c(Cl)cccc1C(=O)O. The molecular weight excluding hydrogens is 304 g/mol. The summed E-state index contributed by atoms with van der Waals surface area (Å²) in [7, 11) is 0. The number of amides is 2. The Hall–Kier alpha value is -1.73. The predicted molar refractivity (Wildman–Crippen MR) is 76.1 cm³/mol. The van der Waals surface area contributed by atoms with Gasteiger partial charge in [-0.3, -0.25) is 9.59 Å². The number of carboxylic acid groups (broad SMARTS) is 1. The molecule has 1 aliphatic heterocycles. The number of carbonyl (C=O) groups excluding carboxylic acids is 2. The third kappa shape index (κ3) is 3.23. The normalized spacial score (nSPS) is 14.4. The van der Waals surface area contributed by atoms with Crippen molar-refractivity contribution in [1.82, 2.24) is 4.90 Å². The Bertz CT molecular complexity index is 579. The monoisotopic (exact) mass is 314 g/mol. The first-order valence-electron chi connectivity index (χ1n) is 5.66. The van der Waals surface area contributed by atoms with Gasteiger partial charge < -0.3 is 15.3 Å². The van der Waals surface area contributed by atoms with Gasteiger partial charge in [-0.1, -0.05) is 17.7 Å². The molecule has 0 aromatic heterocycles. The van der Waals surface area contributed by atoms with Crippen LogP contribution in [0.15, 0.2) is 18.2 Å². The molecule has 106 valence electrons. The number of benzene rings is 1. The highest BCUT2D eigenvalue weighted by Gasteiger charge is 2.24. The van der Waals surface area contributed by atoms with Crippen LogP contribution in [0.2, 0.25) is 5.02 Å². The van der Waals surface area contributed by atoms with Crippen LogP contribution < -0.4 is 5.32 Å². The number of anilines is 1. The van der Waals surface area contributed by atoms with E-state index in [0.717, 1.165) is 0 Å². The van der Waals surface area contributed by atoms with Gasteiger partial charge in [0.25, 0.3) is 0 Å². The predicted octanol–water partition coefficient (Wildman–Crippen LogP) is 1.51. The number of aromatic carboxylic acids is 1. The number of nitrogens with one attached hydrogen (secondary N) is 1. The lowest BCUT2D eigenvalue weighted by molar-refractivity contribution is -0.130. The standard InChI is InChI=1S/C12H11ClN2O4S/c13-8-3-1-2-7(12(18)19)11(8)14-9(16)4-15-6-20-5-10(15)17/h1-3H,4-6H2,(H,14,16)(H,18,19). The molecule has 2 amide bonds. The van der Waals surface area contributed by atoms with E-state index in [0.29, 0.717) is 11.6 Å². The number of hydrogen-bond acceptors (Lipinski definition) is 4. The van der Waals surface area contributed by atoms with Gasteiger partial charge in [-0.05, 0) is 12.1 Å². The minimum atomic E-state index is -1.18. The van der Waals surface area contributed by atoms with E-state index in [1.165, 1.54) is 34.9 Å². The van der Waals surface area contributed by atoms with Gasteiger partial charge in [-0.25, -0.2) is 4.79 Å². The molecule has 0 bridgehead atoms. The summed E-state index contributed by atoms with van der Waals surface area (Å²) in [5.74, 6) is -0.949. The van der Waals surface area contributed by atoms with E-state index in [4.69, 9.17) is 16.7 Å². The zero-order valence-corrected chi connectivity index (χ0v) is 11.8. The van der Waals surface area contributed by atoms with Crippen LogP contribution >= 0.6 is 23.4 Å². The average molecular weight is 315 g/mol. The van der Waals surface area contributed by atoms with Crippen molar-refractivity contribution >= 4 is 46.8 Å². The van der Waals surface area contributed by atoms with E-state index in [9.17, 15) is 14.4 Å². The second kappa shape index (κ2) is 6.15. The molecular formula is C12H11ClN2O4S. The zero-order chi connectivity index (χ0) is 14.7. The average Bonchev–Trinajstić information content (AvgIpc) is 2.77. The Morgan fingerprint density at radius 1 is 1.45 bits per heavy atom. The summed E-state index contributed by atoms with van der Waals surface area (Å²) >= 11 is 7.33. The van der Waals surface area contributed by atoms with Crippen LogP contribution in [0.5, 0.6) is 0 Å². The maximum Gasteiger partial charge on any atom is 0.337 e. The quantitative estimate of drug-likeness (QED) is 0.879. The second-order valence-corrected chi connectivity index (χ2v) is 5.45. The van der Waals surface area contributed by atoms with Gasteiger partial charge in [0.05, 0.1) is 27.9 Å². The molecule has 0 unspecified atom stereocenters. The smallest absolute Gasteiger partial charge is 0.337 e. The molecule has 1 aromatic carbocycles. The Morgan fingerprint density at radius 3 is 2.80 bits per heavy atom. The first kappa shape index (κ1) is 14.7. The molecule has 0 radical (unpaired) electrons. The molecule has 1 fully saturated rings. The number of hydrogen-bond donors (Lipinski definition) is 2. The number of para-hydroxylation sites is 1. The lowest BCUT2D eigenvalue weighted by atomic mass is 10.2. The van der Waals surface area contributed by atoms with Crippen LogP contribution in [0, 0.1) is 0 Å². The minimum Gasteiger partial charge on any atom is -0.478 e. The molecule has 1 heterocycles. The first-order chi connectivity index (χ1) is 9.49. The maximum absolute atomic E-state index is 11.9. The maximum atomic E-state index is 11.9. The van der Waals surface area contributed by atoms with Crippen LogP contribution in [-0.4, -0.2) is 46.0 Å². The van der Waals surface area contributed by atoms with E-state index in [-0.39, 0.29) is 28.7 Å². The summed E-state index contributed by atoms with van der Waals surface area (Å²) in [4.78, 5) is 35.8. The van der Waals surface area contributed by atoms with E-state index in [1.54, 1.807) is 0 Å². The zero-order valence-electron chi connectivity index (χ0n) is 10.3. The van der Waals surface area contributed by atoms with Crippen molar-refractivity contribution in [3.8, 4) is 0 Å². The fourth-order valence-electron chi connectivity index (χ4n) is 1.72. The van der Waals surface area contributed by atoms with Gasteiger partial charge in [0, 0.05) is 0 Å². The summed E-state index contributed by atoms with van der Waals surface area (Å²) in [6.45, 7) is -0.115. The summed E-state index contributed by atoms with van der Waals surface area (Å²) in [5.41, 5.74) is -0.0426. The van der Waals surface area contributed by atoms with Gasteiger partial charge in [-0.2, -0.15) is 0 Å². The van der Waals surface area contributed by atoms with Crippen molar-refractivity contribution in [2.45, 2.75) is 0 Å². The lowest BCUT2D eigenvalue weighted by Gasteiger charge is -2.15. The summed E-state index contributed by atoms with van der Waals surface area (Å²) in [6.07, 6.45) is 0. The summed E-state index contributed by atoms with van der Waals surface area (Å²) < 4.78 is 0. The Balaban J connectivity index is 2.11. The Morgan fingerprint density at radius 2 is 2.20 bits per heavy atom. The molecule has 20 heavy (non-hydrogen) atoms. The van der Waals surface area contributed by atoms with Crippen LogP contribution in [0.25, 0.3) is 0 Å². The number of carboxylic acids is 1. The molecule has 0 spiro atoms. The van der Waals surface area contributed by atoms with Gasteiger partial charge in [0.2, 0.25) is 11.8 Å². The van der Waals surface area contributed by atoms with Gasteiger partial charge in [0.15, 0.2) is 0 Å². The van der Waals surface area contributed by atoms with Crippen LogP contribution in [0.4, 0.5) is 5.69 Å². The number of halogens is 1. The second-order valence-electron chi connectivity index (χ2n) is 4.08. The number of carbonyl (C=O) groups is 3. The molecule has 6 nitrogen and oxygen atoms in total. The highest BCUT2D eigenvalue weighted by atomic mass is 35.5. The van der Waals surface area contributed by atoms with Crippen molar-refractivity contribution in [3.63, 3.8) is 0 Å². The molecule has 2 N–H and O–H groups in total. The third-order valence-electron chi connectivity index (χ3n) is 2.67. The van der Waals surface area contributed by atoms with Crippen molar-refractivity contribution in [3.05, 3.63) is 28.8 Å². The van der Waals surface area contributed by atoms with Crippen molar-refractivity contribution in [1.29, 1.82) is 0 Å². The van der Waals surface area contributed by atoms with Crippen LogP contribution in [0.1, 0.15) is 10.4 Å². The first-order valence-corrected chi connectivity index (χ1v) is 7.19. The van der Waals surface area contributed by atoms with Crippen molar-refractivity contribution in [2.24, 2.45) is 0 Å². The van der Waals surface area contributed by atoms with Gasteiger partial charge >= 0.3 is 5.97 Å². The molecule has 1 aromatic rings. The highest BCUT2D eigenvalue weighted by Crippen LogP contribution is 2.26. The van der Waals surface area contributed by atoms with Gasteiger partial charge in [0.1, 0.15) is 6.54 Å². The van der Waals surface area contributed by atoms with Crippen LogP contribution in [0.3, 0.4) is 0 Å². The molecule has 0 saturated carbocycles. The molecule has 0 aliphatic carbocycles. The summed E-state index contributed by atoms with van der Waals surface area (Å²) in [6, 6.07) is 4.32. The Labute approximate surface area is 124 Å². The highest BCUT2D eigenvalue weighted by molar-refractivity contribution is 8.00. The lowest BCUT2D eigenvalue weighted by Crippen LogP contribution is -2.34. The molecule has 2 rings (SSSR count). The minimum absolute atomic E-state index is 0.0472. The molecule has 8 heteroatoms. The number of thioether (sulfide) groups is 1. The molecule has 0 atom stereocenters. The fraction of sp³-hybridized carbons (Fsp3) is 0.250. The topological polar surface area (TPSA) is 86.7 Å². The Kier molecular flexibility index (Phi) is 4.51. The van der Waals surface area contributed by atoms with Crippen molar-refractivity contribution < 1.29 is 19.5 Å².